The fourth-order valence-electron chi connectivity index (χ4n) is 4.55. The van der Waals surface area contributed by atoms with E-state index in [-0.39, 0.29) is 12.0 Å². The number of nitrogens with two attached hydrogens (primary N) is 2. The summed E-state index contributed by atoms with van der Waals surface area (Å²) in [6, 6.07) is 13.2. The zero-order valence-electron chi connectivity index (χ0n) is 18.3. The molecule has 1 unspecified atom stereocenters. The fraction of sp³-hybridized carbons (Fsp3) is 0.375. The van der Waals surface area contributed by atoms with E-state index >= 15 is 0 Å². The van der Waals surface area contributed by atoms with E-state index in [1.807, 2.05) is 6.92 Å². The van der Waals surface area contributed by atoms with E-state index in [9.17, 15) is 0 Å². The van der Waals surface area contributed by atoms with Gasteiger partial charge in [-0.05, 0) is 42.3 Å². The summed E-state index contributed by atoms with van der Waals surface area (Å²) in [6.07, 6.45) is 5.45. The first-order valence-electron chi connectivity index (χ1n) is 11.2. The summed E-state index contributed by atoms with van der Waals surface area (Å²) in [5.74, 6) is 1.92. The third-order valence-corrected chi connectivity index (χ3v) is 6.96. The van der Waals surface area contributed by atoms with Crippen LogP contribution in [0.3, 0.4) is 0 Å². The summed E-state index contributed by atoms with van der Waals surface area (Å²) in [6.45, 7) is 2.65. The van der Waals surface area contributed by atoms with E-state index in [4.69, 9.17) is 16.5 Å². The molecule has 8 heteroatoms. The first kappa shape index (κ1) is 20.9. The second-order valence-electron chi connectivity index (χ2n) is 8.65. The molecule has 1 atom stereocenters. The number of aromatic nitrogens is 4. The van der Waals surface area contributed by atoms with Gasteiger partial charge in [-0.2, -0.15) is 9.97 Å². The van der Waals surface area contributed by atoms with Crippen LogP contribution in [0.15, 0.2) is 41.8 Å². The molecule has 5 N–H and O–H groups in total. The van der Waals surface area contributed by atoms with Crippen LogP contribution in [0.5, 0.6) is 0 Å². The number of imidazole rings is 1. The molecule has 1 aliphatic carbocycles. The number of hydrogen-bond donors (Lipinski definition) is 3. The van der Waals surface area contributed by atoms with Crippen LogP contribution in [0.2, 0.25) is 0 Å². The Kier molecular flexibility index (Phi) is 5.80. The van der Waals surface area contributed by atoms with Crippen molar-refractivity contribution in [1.29, 1.82) is 0 Å². The van der Waals surface area contributed by atoms with Crippen molar-refractivity contribution in [1.82, 2.24) is 19.5 Å². The van der Waals surface area contributed by atoms with E-state index in [2.05, 4.69) is 61.6 Å². The molecule has 7 nitrogen and oxygen atoms in total. The molecule has 4 aromatic rings. The van der Waals surface area contributed by atoms with Crippen molar-refractivity contribution < 1.29 is 0 Å². The van der Waals surface area contributed by atoms with Gasteiger partial charge in [0.05, 0.1) is 0 Å². The molecule has 0 spiro atoms. The van der Waals surface area contributed by atoms with Gasteiger partial charge in [-0.15, -0.1) is 11.3 Å². The van der Waals surface area contributed by atoms with Gasteiger partial charge in [0, 0.05) is 29.9 Å². The zero-order valence-corrected chi connectivity index (χ0v) is 19.1. The van der Waals surface area contributed by atoms with Crippen molar-refractivity contribution in [2.24, 2.45) is 5.73 Å². The molecular formula is C24H29N7S. The number of nitrogen functional groups attached to an aromatic ring is 1. The summed E-state index contributed by atoms with van der Waals surface area (Å²) in [5, 5.41) is 5.55. The predicted molar refractivity (Wildman–Crippen MR) is 132 cm³/mol. The number of rotatable bonds is 7. The topological polar surface area (TPSA) is 108 Å². The Morgan fingerprint density at radius 1 is 1.12 bits per heavy atom. The summed E-state index contributed by atoms with van der Waals surface area (Å²) >= 11 is 1.75. The maximum absolute atomic E-state index is 6.13. The Labute approximate surface area is 191 Å². The van der Waals surface area contributed by atoms with E-state index in [0.717, 1.165) is 29.8 Å². The van der Waals surface area contributed by atoms with Crippen LogP contribution in [0, 0.1) is 0 Å². The van der Waals surface area contributed by atoms with Gasteiger partial charge in [0.1, 0.15) is 5.82 Å². The van der Waals surface area contributed by atoms with Gasteiger partial charge < -0.3 is 21.4 Å². The molecule has 0 amide bonds. The maximum atomic E-state index is 6.13. The summed E-state index contributed by atoms with van der Waals surface area (Å²) in [7, 11) is 0. The quantitative estimate of drug-likeness (QED) is 0.377. The van der Waals surface area contributed by atoms with E-state index < -0.39 is 0 Å². The summed E-state index contributed by atoms with van der Waals surface area (Å²) < 4.78 is 2.27. The highest BCUT2D eigenvalue weighted by atomic mass is 32.1. The second kappa shape index (κ2) is 8.88. The van der Waals surface area contributed by atoms with E-state index in [1.54, 1.807) is 11.3 Å². The molecule has 3 aromatic heterocycles. The highest BCUT2D eigenvalue weighted by Gasteiger charge is 2.25. The lowest BCUT2D eigenvalue weighted by atomic mass is 10.1. The van der Waals surface area contributed by atoms with Crippen molar-refractivity contribution in [3.8, 4) is 10.4 Å². The molecule has 0 radical (unpaired) electrons. The van der Waals surface area contributed by atoms with Crippen LogP contribution in [0.25, 0.3) is 21.6 Å². The number of nitrogens with zero attached hydrogens (tertiary/aromatic N) is 4. The van der Waals surface area contributed by atoms with Gasteiger partial charge in [-0.25, -0.2) is 4.98 Å². The lowest BCUT2D eigenvalue weighted by Gasteiger charge is -2.16. The molecule has 166 valence electrons. The van der Waals surface area contributed by atoms with Crippen LogP contribution >= 0.6 is 11.3 Å². The molecule has 5 rings (SSSR count). The molecule has 32 heavy (non-hydrogen) atoms. The Morgan fingerprint density at radius 2 is 1.91 bits per heavy atom. The Hall–Kier alpha value is -2.97. The molecule has 1 fully saturated rings. The highest BCUT2D eigenvalue weighted by molar-refractivity contribution is 7.13. The van der Waals surface area contributed by atoms with Crippen LogP contribution < -0.4 is 16.8 Å². The van der Waals surface area contributed by atoms with Crippen molar-refractivity contribution >= 4 is 34.3 Å². The van der Waals surface area contributed by atoms with Crippen LogP contribution in [0.1, 0.15) is 50.0 Å². The lowest BCUT2D eigenvalue weighted by molar-refractivity contribution is 0.499. The number of hydrogen-bond acceptors (Lipinski definition) is 7. The van der Waals surface area contributed by atoms with Gasteiger partial charge in [-0.1, -0.05) is 43.2 Å². The van der Waals surface area contributed by atoms with Gasteiger partial charge in [-0.3, -0.25) is 0 Å². The standard InChI is InChI=1S/C24H29N7S/c1-15(25)13-20-28-21-22(29-24(26)30-23(21)31(20)18-5-2-3-6-18)27-14-16-8-10-17(11-9-16)19-7-4-12-32-19/h4,7-12,15,18H,2-3,5-6,13-14,25H2,1H3,(H3,26,27,29,30). The number of benzene rings is 1. The van der Waals surface area contributed by atoms with Gasteiger partial charge in [0.15, 0.2) is 17.0 Å². The second-order valence-corrected chi connectivity index (χ2v) is 9.60. The minimum atomic E-state index is 0.0236. The Morgan fingerprint density at radius 3 is 2.59 bits per heavy atom. The van der Waals surface area contributed by atoms with Crippen LogP contribution in [-0.2, 0) is 13.0 Å². The maximum Gasteiger partial charge on any atom is 0.224 e. The average Bonchev–Trinajstić information content (AvgIpc) is 3.53. The molecule has 3 heterocycles. The largest absolute Gasteiger partial charge is 0.368 e. The minimum Gasteiger partial charge on any atom is -0.368 e. The number of fused-ring (bicyclic) bond motifs is 1. The van der Waals surface area contributed by atoms with Crippen molar-refractivity contribution in [2.75, 3.05) is 11.1 Å². The highest BCUT2D eigenvalue weighted by Crippen LogP contribution is 2.35. The summed E-state index contributed by atoms with van der Waals surface area (Å²) in [5.41, 5.74) is 16.2. The average molecular weight is 448 g/mol. The first-order chi connectivity index (χ1) is 15.6. The van der Waals surface area contributed by atoms with Gasteiger partial charge in [0.25, 0.3) is 0 Å². The minimum absolute atomic E-state index is 0.0236. The monoisotopic (exact) mass is 447 g/mol. The van der Waals surface area contributed by atoms with E-state index in [1.165, 1.54) is 28.8 Å². The lowest BCUT2D eigenvalue weighted by Crippen LogP contribution is -2.21. The van der Waals surface area contributed by atoms with E-state index in [0.29, 0.717) is 24.8 Å². The molecule has 0 saturated heterocycles. The van der Waals surface area contributed by atoms with Crippen molar-refractivity contribution in [2.45, 2.75) is 57.7 Å². The SMILES string of the molecule is CC(N)Cc1nc2c(NCc3ccc(-c4cccs4)cc3)nc(N)nc2n1C1CCCC1. The van der Waals surface area contributed by atoms with Gasteiger partial charge in [0.2, 0.25) is 5.95 Å². The molecule has 0 bridgehead atoms. The number of anilines is 2. The number of nitrogens with one attached hydrogen (secondary N) is 1. The fourth-order valence-corrected chi connectivity index (χ4v) is 5.29. The van der Waals surface area contributed by atoms with Crippen molar-refractivity contribution in [3.63, 3.8) is 0 Å². The number of thiophene rings is 1. The predicted octanol–water partition coefficient (Wildman–Crippen LogP) is 4.75. The van der Waals surface area contributed by atoms with Crippen LogP contribution in [-0.4, -0.2) is 25.6 Å². The molecule has 1 aliphatic rings. The summed E-state index contributed by atoms with van der Waals surface area (Å²) in [4.78, 5) is 15.3. The van der Waals surface area contributed by atoms with Crippen LogP contribution in [0.4, 0.5) is 11.8 Å². The zero-order chi connectivity index (χ0) is 22.1. The third kappa shape index (κ3) is 4.20. The first-order valence-corrected chi connectivity index (χ1v) is 12.1. The Bertz CT molecular complexity index is 1190. The molecule has 0 aliphatic heterocycles. The molecule has 1 aromatic carbocycles. The van der Waals surface area contributed by atoms with Crippen molar-refractivity contribution in [3.05, 3.63) is 53.2 Å². The van der Waals surface area contributed by atoms with Gasteiger partial charge >= 0.3 is 0 Å². The third-order valence-electron chi connectivity index (χ3n) is 6.04. The smallest absolute Gasteiger partial charge is 0.224 e. The molecular weight excluding hydrogens is 418 g/mol. The molecule has 1 saturated carbocycles. The normalized spacial score (nSPS) is 15.4. The Balaban J connectivity index is 1.44.